The third kappa shape index (κ3) is 4.22. The fourth-order valence-corrected chi connectivity index (χ4v) is 3.69. The summed E-state index contributed by atoms with van der Waals surface area (Å²) in [5.41, 5.74) is 0. The molecule has 0 radical (unpaired) electrons. The van der Waals surface area contributed by atoms with Crippen LogP contribution < -0.4 is 5.32 Å². The third-order valence-electron chi connectivity index (χ3n) is 4.64. The Hall–Kier alpha value is -0.120. The molecular formula is C15H30N2O. The zero-order valence-corrected chi connectivity index (χ0v) is 12.0. The molecule has 1 aliphatic carbocycles. The molecule has 0 aromatic carbocycles. The van der Waals surface area contributed by atoms with Crippen molar-refractivity contribution < 1.29 is 4.74 Å². The zero-order valence-electron chi connectivity index (χ0n) is 12.0. The lowest BCUT2D eigenvalue weighted by Gasteiger charge is -2.44. The van der Waals surface area contributed by atoms with Gasteiger partial charge in [-0.3, -0.25) is 4.90 Å². The quantitative estimate of drug-likeness (QED) is 0.705. The number of hydrogen-bond donors (Lipinski definition) is 1. The summed E-state index contributed by atoms with van der Waals surface area (Å²) >= 11 is 0. The second-order valence-electron chi connectivity index (χ2n) is 5.89. The molecule has 0 spiro atoms. The number of piperidine rings is 1. The van der Waals surface area contributed by atoms with Crippen molar-refractivity contribution in [2.75, 3.05) is 39.9 Å². The molecule has 3 heteroatoms. The van der Waals surface area contributed by atoms with Crippen molar-refractivity contribution in [1.29, 1.82) is 0 Å². The van der Waals surface area contributed by atoms with Crippen LogP contribution in [0, 0.1) is 5.92 Å². The molecule has 2 rings (SSSR count). The van der Waals surface area contributed by atoms with Gasteiger partial charge in [0, 0.05) is 32.8 Å². The van der Waals surface area contributed by atoms with Gasteiger partial charge in [-0.05, 0) is 51.1 Å². The Labute approximate surface area is 112 Å². The molecule has 0 amide bonds. The molecule has 2 aliphatic rings. The average molecular weight is 254 g/mol. The predicted molar refractivity (Wildman–Crippen MR) is 75.9 cm³/mol. The standard InChI is InChI=1S/C15H30N2O/c1-18-13-5-9-16-10-12-17-11-4-7-14-6-2-3-8-15(14)17/h14-16H,2-13H2,1H3/t14-,15-/m1/s1. The molecule has 3 nitrogen and oxygen atoms in total. The normalized spacial score (nSPS) is 29.2. The average Bonchev–Trinajstić information content (AvgIpc) is 2.43. The Bertz CT molecular complexity index is 221. The molecule has 1 N–H and O–H groups in total. The lowest BCUT2D eigenvalue weighted by Crippen LogP contribution is -2.48. The predicted octanol–water partition coefficient (Wildman–Crippen LogP) is 2.27. The van der Waals surface area contributed by atoms with Gasteiger partial charge in [0.2, 0.25) is 0 Å². The van der Waals surface area contributed by atoms with Crippen LogP contribution in [0.5, 0.6) is 0 Å². The summed E-state index contributed by atoms with van der Waals surface area (Å²) < 4.78 is 5.06. The van der Waals surface area contributed by atoms with Crippen molar-refractivity contribution in [1.82, 2.24) is 10.2 Å². The van der Waals surface area contributed by atoms with Crippen LogP contribution in [0.15, 0.2) is 0 Å². The highest BCUT2D eigenvalue weighted by Gasteiger charge is 2.32. The largest absolute Gasteiger partial charge is 0.385 e. The van der Waals surface area contributed by atoms with Crippen LogP contribution in [0.2, 0.25) is 0 Å². The van der Waals surface area contributed by atoms with Crippen molar-refractivity contribution in [2.24, 2.45) is 5.92 Å². The van der Waals surface area contributed by atoms with E-state index in [4.69, 9.17) is 4.74 Å². The van der Waals surface area contributed by atoms with Gasteiger partial charge in [-0.2, -0.15) is 0 Å². The summed E-state index contributed by atoms with van der Waals surface area (Å²) in [4.78, 5) is 2.76. The number of nitrogens with one attached hydrogen (secondary N) is 1. The number of rotatable bonds is 7. The van der Waals surface area contributed by atoms with E-state index in [0.717, 1.165) is 38.1 Å². The highest BCUT2D eigenvalue weighted by molar-refractivity contribution is 4.87. The number of likely N-dealkylation sites (tertiary alicyclic amines) is 1. The molecule has 0 aromatic rings. The second-order valence-corrected chi connectivity index (χ2v) is 5.89. The van der Waals surface area contributed by atoms with Crippen LogP contribution in [0.4, 0.5) is 0 Å². The minimum Gasteiger partial charge on any atom is -0.385 e. The lowest BCUT2D eigenvalue weighted by atomic mass is 9.78. The highest BCUT2D eigenvalue weighted by atomic mass is 16.5. The number of fused-ring (bicyclic) bond motifs is 1. The number of ether oxygens (including phenoxy) is 1. The molecule has 1 saturated heterocycles. The molecule has 1 saturated carbocycles. The first-order valence-corrected chi connectivity index (χ1v) is 7.85. The van der Waals surface area contributed by atoms with Crippen molar-refractivity contribution in [2.45, 2.75) is 51.0 Å². The van der Waals surface area contributed by atoms with Crippen molar-refractivity contribution in [3.05, 3.63) is 0 Å². The summed E-state index contributed by atoms with van der Waals surface area (Å²) in [6.07, 6.45) is 9.91. The van der Waals surface area contributed by atoms with E-state index < -0.39 is 0 Å². The van der Waals surface area contributed by atoms with E-state index >= 15 is 0 Å². The Balaban J connectivity index is 1.62. The van der Waals surface area contributed by atoms with E-state index in [1.807, 2.05) is 0 Å². The molecule has 0 aromatic heterocycles. The van der Waals surface area contributed by atoms with E-state index in [0.29, 0.717) is 0 Å². The molecule has 1 heterocycles. The van der Waals surface area contributed by atoms with Crippen LogP contribution in [-0.2, 0) is 4.74 Å². The lowest BCUT2D eigenvalue weighted by molar-refractivity contribution is 0.0618. The van der Waals surface area contributed by atoms with Crippen molar-refractivity contribution in [3.8, 4) is 0 Å². The molecular weight excluding hydrogens is 224 g/mol. The van der Waals surface area contributed by atoms with Crippen molar-refractivity contribution in [3.63, 3.8) is 0 Å². The van der Waals surface area contributed by atoms with E-state index in [1.165, 1.54) is 51.6 Å². The minimum atomic E-state index is 0.876. The summed E-state index contributed by atoms with van der Waals surface area (Å²) in [6.45, 7) is 5.69. The summed E-state index contributed by atoms with van der Waals surface area (Å²) in [7, 11) is 1.77. The van der Waals surface area contributed by atoms with Gasteiger partial charge in [0.25, 0.3) is 0 Å². The molecule has 18 heavy (non-hydrogen) atoms. The summed E-state index contributed by atoms with van der Waals surface area (Å²) in [5, 5.41) is 3.54. The van der Waals surface area contributed by atoms with E-state index in [9.17, 15) is 0 Å². The van der Waals surface area contributed by atoms with Crippen LogP contribution in [0.3, 0.4) is 0 Å². The van der Waals surface area contributed by atoms with Gasteiger partial charge in [0.05, 0.1) is 0 Å². The van der Waals surface area contributed by atoms with Crippen LogP contribution in [0.1, 0.15) is 44.9 Å². The van der Waals surface area contributed by atoms with E-state index in [1.54, 1.807) is 7.11 Å². The van der Waals surface area contributed by atoms with Crippen LogP contribution in [-0.4, -0.2) is 50.8 Å². The Kier molecular flexibility index (Phi) is 6.46. The Morgan fingerprint density at radius 2 is 1.94 bits per heavy atom. The van der Waals surface area contributed by atoms with Gasteiger partial charge in [-0.1, -0.05) is 12.8 Å². The first kappa shape index (κ1) is 14.3. The number of hydrogen-bond acceptors (Lipinski definition) is 3. The Morgan fingerprint density at radius 3 is 2.83 bits per heavy atom. The fourth-order valence-electron chi connectivity index (χ4n) is 3.69. The van der Waals surface area contributed by atoms with Gasteiger partial charge in [0.1, 0.15) is 0 Å². The van der Waals surface area contributed by atoms with Crippen molar-refractivity contribution >= 4 is 0 Å². The molecule has 2 fully saturated rings. The second kappa shape index (κ2) is 8.13. The number of methoxy groups -OCH3 is 1. The van der Waals surface area contributed by atoms with Gasteiger partial charge in [-0.15, -0.1) is 0 Å². The van der Waals surface area contributed by atoms with Gasteiger partial charge < -0.3 is 10.1 Å². The van der Waals surface area contributed by atoms with Crippen LogP contribution >= 0.6 is 0 Å². The topological polar surface area (TPSA) is 24.5 Å². The molecule has 106 valence electrons. The highest BCUT2D eigenvalue weighted by Crippen LogP contribution is 2.34. The number of nitrogens with zero attached hydrogens (tertiary/aromatic N) is 1. The molecule has 2 atom stereocenters. The van der Waals surface area contributed by atoms with Gasteiger partial charge in [0.15, 0.2) is 0 Å². The molecule has 0 unspecified atom stereocenters. The first-order chi connectivity index (χ1) is 8.92. The van der Waals surface area contributed by atoms with Gasteiger partial charge >= 0.3 is 0 Å². The van der Waals surface area contributed by atoms with E-state index in [-0.39, 0.29) is 0 Å². The maximum atomic E-state index is 5.06. The maximum absolute atomic E-state index is 5.06. The van der Waals surface area contributed by atoms with Gasteiger partial charge in [-0.25, -0.2) is 0 Å². The monoisotopic (exact) mass is 254 g/mol. The third-order valence-corrected chi connectivity index (χ3v) is 4.64. The SMILES string of the molecule is COCCCNCCN1CCC[C@H]2CCCC[C@H]21. The summed E-state index contributed by atoms with van der Waals surface area (Å²) in [6, 6.07) is 0.910. The fraction of sp³-hybridized carbons (Fsp3) is 1.00. The van der Waals surface area contributed by atoms with Crippen LogP contribution in [0.25, 0.3) is 0 Å². The minimum absolute atomic E-state index is 0.876. The molecule has 0 bridgehead atoms. The maximum Gasteiger partial charge on any atom is 0.0474 e. The smallest absolute Gasteiger partial charge is 0.0474 e. The molecule has 1 aliphatic heterocycles. The zero-order chi connectivity index (χ0) is 12.6. The Morgan fingerprint density at radius 1 is 1.11 bits per heavy atom. The van der Waals surface area contributed by atoms with E-state index in [2.05, 4.69) is 10.2 Å². The summed E-state index contributed by atoms with van der Waals surface area (Å²) in [5.74, 6) is 1.01. The first-order valence-electron chi connectivity index (χ1n) is 7.85.